The molecule has 27 heavy (non-hydrogen) atoms. The van der Waals surface area contributed by atoms with Crippen LogP contribution in [0.1, 0.15) is 41.5 Å². The molecular weight excluding hydrogens is 345 g/mol. The smallest absolute Gasteiger partial charge is 0.166 e. The van der Waals surface area contributed by atoms with Gasteiger partial charge in [0.05, 0.1) is 0 Å². The molecule has 3 aromatic carbocycles. The van der Waals surface area contributed by atoms with Gasteiger partial charge in [0.15, 0.2) is 11.6 Å². The average molecular weight is 366 g/mol. The highest BCUT2D eigenvalue weighted by Gasteiger charge is 2.23. The van der Waals surface area contributed by atoms with E-state index in [0.717, 1.165) is 54.0 Å². The molecule has 1 atom stereocenters. The zero-order chi connectivity index (χ0) is 19.0. The zero-order valence-corrected chi connectivity index (χ0v) is 15.2. The van der Waals surface area contributed by atoms with E-state index in [1.807, 2.05) is 37.3 Å². The lowest BCUT2D eigenvalue weighted by atomic mass is 9.79. The van der Waals surface area contributed by atoms with Gasteiger partial charge in [-0.15, -0.1) is 0 Å². The molecule has 0 spiro atoms. The summed E-state index contributed by atoms with van der Waals surface area (Å²) in [4.78, 5) is 0. The van der Waals surface area contributed by atoms with E-state index in [4.69, 9.17) is 0 Å². The third-order valence-corrected chi connectivity index (χ3v) is 5.61. The molecule has 0 aliphatic heterocycles. The van der Waals surface area contributed by atoms with Gasteiger partial charge in [-0.2, -0.15) is 0 Å². The van der Waals surface area contributed by atoms with Crippen LogP contribution in [0.3, 0.4) is 0 Å². The van der Waals surface area contributed by atoms with Gasteiger partial charge in [0.1, 0.15) is 5.82 Å². The number of halogens is 3. The maximum absolute atomic E-state index is 14.5. The Balaban J connectivity index is 1.62. The van der Waals surface area contributed by atoms with Gasteiger partial charge in [-0.1, -0.05) is 49.4 Å². The number of hydrogen-bond acceptors (Lipinski definition) is 0. The first-order valence-corrected chi connectivity index (χ1v) is 9.41. The van der Waals surface area contributed by atoms with Crippen molar-refractivity contribution in [3.8, 4) is 11.1 Å². The Morgan fingerprint density at radius 2 is 1.74 bits per heavy atom. The number of aryl methyl sites for hydroxylation is 2. The molecule has 0 N–H and O–H groups in total. The first-order valence-electron chi connectivity index (χ1n) is 9.41. The fraction of sp³-hybridized carbons (Fsp3) is 0.250. The monoisotopic (exact) mass is 366 g/mol. The molecule has 3 heteroatoms. The lowest BCUT2D eigenvalue weighted by Crippen LogP contribution is -2.14. The molecule has 1 unspecified atom stereocenters. The van der Waals surface area contributed by atoms with E-state index < -0.39 is 11.6 Å². The van der Waals surface area contributed by atoms with Gasteiger partial charge < -0.3 is 0 Å². The molecule has 0 aromatic heterocycles. The highest BCUT2D eigenvalue weighted by atomic mass is 19.2. The van der Waals surface area contributed by atoms with Crippen LogP contribution in [0.15, 0.2) is 54.6 Å². The van der Waals surface area contributed by atoms with Crippen LogP contribution in [0.2, 0.25) is 0 Å². The minimum atomic E-state index is -0.837. The van der Waals surface area contributed by atoms with E-state index in [9.17, 15) is 13.2 Å². The van der Waals surface area contributed by atoms with Crippen molar-refractivity contribution in [2.45, 2.75) is 38.5 Å². The normalized spacial score (nSPS) is 16.2. The Bertz CT molecular complexity index is 991. The Hall–Kier alpha value is -2.55. The molecule has 4 rings (SSSR count). The second kappa shape index (κ2) is 7.22. The van der Waals surface area contributed by atoms with Crippen LogP contribution in [-0.4, -0.2) is 0 Å². The Morgan fingerprint density at radius 3 is 2.52 bits per heavy atom. The van der Waals surface area contributed by atoms with Crippen molar-refractivity contribution >= 4 is 0 Å². The van der Waals surface area contributed by atoms with E-state index in [1.165, 1.54) is 6.07 Å². The van der Waals surface area contributed by atoms with Gasteiger partial charge in [-0.25, -0.2) is 13.2 Å². The quantitative estimate of drug-likeness (QED) is 0.489. The van der Waals surface area contributed by atoms with Crippen molar-refractivity contribution in [2.24, 2.45) is 0 Å². The molecule has 0 heterocycles. The Labute approximate surface area is 157 Å². The van der Waals surface area contributed by atoms with Crippen LogP contribution in [-0.2, 0) is 19.3 Å². The molecule has 1 aliphatic carbocycles. The van der Waals surface area contributed by atoms with Crippen molar-refractivity contribution in [1.82, 2.24) is 0 Å². The predicted molar refractivity (Wildman–Crippen MR) is 102 cm³/mol. The highest BCUT2D eigenvalue weighted by molar-refractivity contribution is 5.66. The second-order valence-corrected chi connectivity index (χ2v) is 7.23. The van der Waals surface area contributed by atoms with Crippen molar-refractivity contribution in [3.05, 3.63) is 94.3 Å². The van der Waals surface area contributed by atoms with Crippen LogP contribution < -0.4 is 0 Å². The van der Waals surface area contributed by atoms with Gasteiger partial charge in [0, 0.05) is 5.56 Å². The molecule has 0 radical (unpaired) electrons. The van der Waals surface area contributed by atoms with Crippen LogP contribution in [0.4, 0.5) is 13.2 Å². The molecule has 3 aromatic rings. The van der Waals surface area contributed by atoms with Crippen LogP contribution in [0, 0.1) is 17.5 Å². The summed E-state index contributed by atoms with van der Waals surface area (Å²) in [7, 11) is 0. The van der Waals surface area contributed by atoms with Crippen molar-refractivity contribution < 1.29 is 13.2 Å². The van der Waals surface area contributed by atoms with Gasteiger partial charge in [0.25, 0.3) is 0 Å². The molecule has 1 aliphatic rings. The zero-order valence-electron chi connectivity index (χ0n) is 15.2. The predicted octanol–water partition coefficient (Wildman–Crippen LogP) is 6.61. The minimum absolute atomic E-state index is 0.124. The number of rotatable bonds is 3. The maximum Gasteiger partial charge on any atom is 0.166 e. The summed E-state index contributed by atoms with van der Waals surface area (Å²) in [5.41, 5.74) is 5.04. The summed E-state index contributed by atoms with van der Waals surface area (Å²) in [6.45, 7) is 2.02. The summed E-state index contributed by atoms with van der Waals surface area (Å²) < 4.78 is 42.1. The molecule has 138 valence electrons. The van der Waals surface area contributed by atoms with Gasteiger partial charge >= 0.3 is 0 Å². The average Bonchev–Trinajstić information content (AvgIpc) is 2.69. The lowest BCUT2D eigenvalue weighted by molar-refractivity contribution is 0.511. The van der Waals surface area contributed by atoms with Crippen LogP contribution in [0.5, 0.6) is 0 Å². The number of benzene rings is 3. The number of hydrogen-bond donors (Lipinski definition) is 0. The molecular formula is C24H21F3. The van der Waals surface area contributed by atoms with Crippen LogP contribution >= 0.6 is 0 Å². The van der Waals surface area contributed by atoms with Crippen molar-refractivity contribution in [1.29, 1.82) is 0 Å². The van der Waals surface area contributed by atoms with Crippen molar-refractivity contribution in [3.63, 3.8) is 0 Å². The first-order chi connectivity index (χ1) is 13.1. The Morgan fingerprint density at radius 1 is 0.889 bits per heavy atom. The largest absolute Gasteiger partial charge is 0.207 e. The van der Waals surface area contributed by atoms with Crippen molar-refractivity contribution in [2.75, 3.05) is 0 Å². The van der Waals surface area contributed by atoms with Gasteiger partial charge in [-0.05, 0) is 71.6 Å². The molecule has 0 saturated carbocycles. The lowest BCUT2D eigenvalue weighted by Gasteiger charge is -2.26. The second-order valence-electron chi connectivity index (χ2n) is 7.23. The molecule has 0 amide bonds. The van der Waals surface area contributed by atoms with Gasteiger partial charge in [0.2, 0.25) is 0 Å². The highest BCUT2D eigenvalue weighted by Crippen LogP contribution is 2.36. The molecule has 0 saturated heterocycles. The summed E-state index contributed by atoms with van der Waals surface area (Å²) in [5.74, 6) is -1.62. The fourth-order valence-electron chi connectivity index (χ4n) is 4.04. The summed E-state index contributed by atoms with van der Waals surface area (Å²) in [5, 5.41) is 0. The van der Waals surface area contributed by atoms with Crippen LogP contribution in [0.25, 0.3) is 11.1 Å². The fourth-order valence-corrected chi connectivity index (χ4v) is 4.04. The van der Waals surface area contributed by atoms with E-state index in [2.05, 4.69) is 0 Å². The number of fused-ring (bicyclic) bond motifs is 1. The van der Waals surface area contributed by atoms with E-state index in [0.29, 0.717) is 5.56 Å². The summed E-state index contributed by atoms with van der Waals surface area (Å²) >= 11 is 0. The van der Waals surface area contributed by atoms with E-state index in [1.54, 1.807) is 12.1 Å². The van der Waals surface area contributed by atoms with E-state index >= 15 is 0 Å². The summed E-state index contributed by atoms with van der Waals surface area (Å²) in [6.07, 6.45) is 3.25. The van der Waals surface area contributed by atoms with Gasteiger partial charge in [-0.3, -0.25) is 0 Å². The third kappa shape index (κ3) is 3.39. The summed E-state index contributed by atoms with van der Waals surface area (Å²) in [6, 6.07) is 15.5. The molecule has 0 nitrogen and oxygen atoms in total. The topological polar surface area (TPSA) is 0 Å². The third-order valence-electron chi connectivity index (χ3n) is 5.61. The Kier molecular flexibility index (Phi) is 4.77. The maximum atomic E-state index is 14.5. The van der Waals surface area contributed by atoms with E-state index in [-0.39, 0.29) is 17.3 Å². The first kappa shape index (κ1) is 17.8. The molecule has 0 fully saturated rings. The SMILES string of the molecule is CCc1ccc(C2CCc3cc(-c4cccc(F)c4F)ccc3C2)c(F)c1. The molecule has 0 bridgehead atoms. The standard InChI is InChI=1S/C24H21F3/c1-2-15-6-11-20(23(26)12-15)18-9-7-17-14-19(10-8-16(17)13-18)21-4-3-5-22(25)24(21)27/h3-6,8,10-12,14,18H,2,7,9,13H2,1H3. The minimum Gasteiger partial charge on any atom is -0.207 e.